The summed E-state index contributed by atoms with van der Waals surface area (Å²) in [5.41, 5.74) is -0.583. The molecule has 0 aromatic carbocycles. The molecule has 0 aliphatic carbocycles. The highest BCUT2D eigenvalue weighted by Crippen LogP contribution is 2.29. The van der Waals surface area contributed by atoms with E-state index in [4.69, 9.17) is 9.84 Å². The zero-order chi connectivity index (χ0) is 10.2. The molecule has 1 amide bonds. The number of rotatable bonds is 2. The van der Waals surface area contributed by atoms with Gasteiger partial charge in [-0.3, -0.25) is 4.79 Å². The van der Waals surface area contributed by atoms with Crippen LogP contribution in [0.1, 0.15) is 19.8 Å². The van der Waals surface area contributed by atoms with Crippen molar-refractivity contribution in [1.82, 2.24) is 4.90 Å². The van der Waals surface area contributed by atoms with Crippen molar-refractivity contribution in [3.63, 3.8) is 0 Å². The van der Waals surface area contributed by atoms with E-state index in [0.717, 1.165) is 12.8 Å². The van der Waals surface area contributed by atoms with Crippen LogP contribution in [0.15, 0.2) is 0 Å². The van der Waals surface area contributed by atoms with E-state index < -0.39 is 5.60 Å². The van der Waals surface area contributed by atoms with E-state index in [0.29, 0.717) is 19.7 Å². The van der Waals surface area contributed by atoms with Crippen LogP contribution in [0.4, 0.5) is 0 Å². The number of carbonyl (C=O) groups is 1. The summed E-state index contributed by atoms with van der Waals surface area (Å²) in [5.74, 6) is 0.378. The van der Waals surface area contributed by atoms with Gasteiger partial charge in [0.05, 0.1) is 0 Å². The Kier molecular flexibility index (Phi) is 2.49. The van der Waals surface area contributed by atoms with Crippen LogP contribution in [0.5, 0.6) is 0 Å². The first-order chi connectivity index (χ1) is 6.65. The second-order valence-corrected chi connectivity index (χ2v) is 4.44. The van der Waals surface area contributed by atoms with Gasteiger partial charge in [-0.15, -0.1) is 0 Å². The Bertz CT molecular complexity index is 230. The largest absolute Gasteiger partial charge is 0.396 e. The number of amides is 1. The monoisotopic (exact) mass is 199 g/mol. The van der Waals surface area contributed by atoms with Crippen molar-refractivity contribution in [3.8, 4) is 0 Å². The molecular formula is C10H17NO3. The molecule has 0 aromatic rings. The zero-order valence-electron chi connectivity index (χ0n) is 8.53. The Balaban J connectivity index is 1.90. The maximum absolute atomic E-state index is 11.9. The third-order valence-corrected chi connectivity index (χ3v) is 3.17. The molecule has 2 saturated heterocycles. The average Bonchev–Trinajstić information content (AvgIpc) is 2.51. The molecule has 0 aromatic heterocycles. The number of likely N-dealkylation sites (tertiary alicyclic amines) is 1. The van der Waals surface area contributed by atoms with Crippen LogP contribution in [0, 0.1) is 5.92 Å². The van der Waals surface area contributed by atoms with E-state index in [9.17, 15) is 4.79 Å². The fraction of sp³-hybridized carbons (Fsp3) is 0.900. The minimum absolute atomic E-state index is 0.0969. The minimum atomic E-state index is -0.583. The van der Waals surface area contributed by atoms with Gasteiger partial charge in [0.2, 0.25) is 0 Å². The van der Waals surface area contributed by atoms with Gasteiger partial charge in [-0.1, -0.05) is 0 Å². The molecule has 80 valence electrons. The highest BCUT2D eigenvalue weighted by molar-refractivity contribution is 5.85. The number of aliphatic hydroxyl groups is 1. The molecule has 0 saturated carbocycles. The third kappa shape index (κ3) is 1.53. The van der Waals surface area contributed by atoms with E-state index in [-0.39, 0.29) is 18.4 Å². The van der Waals surface area contributed by atoms with Gasteiger partial charge in [0.25, 0.3) is 5.91 Å². The fourth-order valence-corrected chi connectivity index (χ4v) is 2.13. The number of ether oxygens (including phenoxy) is 1. The first-order valence-electron chi connectivity index (χ1n) is 5.20. The van der Waals surface area contributed by atoms with Crippen LogP contribution in [0.25, 0.3) is 0 Å². The molecule has 2 aliphatic heterocycles. The average molecular weight is 199 g/mol. The molecule has 0 spiro atoms. The second-order valence-electron chi connectivity index (χ2n) is 4.44. The fourth-order valence-electron chi connectivity index (χ4n) is 2.13. The quantitative estimate of drug-likeness (QED) is 0.681. The lowest BCUT2D eigenvalue weighted by molar-refractivity contribution is -0.158. The molecule has 0 radical (unpaired) electrons. The zero-order valence-corrected chi connectivity index (χ0v) is 8.53. The van der Waals surface area contributed by atoms with Crippen LogP contribution in [0.2, 0.25) is 0 Å². The van der Waals surface area contributed by atoms with Crippen LogP contribution in [0.3, 0.4) is 0 Å². The molecular weight excluding hydrogens is 182 g/mol. The molecule has 14 heavy (non-hydrogen) atoms. The Labute approximate surface area is 83.8 Å². The van der Waals surface area contributed by atoms with Gasteiger partial charge in [0.15, 0.2) is 0 Å². The predicted molar refractivity (Wildman–Crippen MR) is 50.7 cm³/mol. The van der Waals surface area contributed by atoms with Crippen LogP contribution < -0.4 is 0 Å². The topological polar surface area (TPSA) is 49.8 Å². The number of carbonyl (C=O) groups excluding carboxylic acids is 1. The van der Waals surface area contributed by atoms with Gasteiger partial charge in [-0.25, -0.2) is 0 Å². The first-order valence-corrected chi connectivity index (χ1v) is 5.20. The summed E-state index contributed by atoms with van der Waals surface area (Å²) in [4.78, 5) is 13.7. The summed E-state index contributed by atoms with van der Waals surface area (Å²) < 4.78 is 5.47. The van der Waals surface area contributed by atoms with E-state index in [1.165, 1.54) is 0 Å². The maximum Gasteiger partial charge on any atom is 0.254 e. The lowest BCUT2D eigenvalue weighted by atomic mass is 9.95. The molecule has 1 unspecified atom stereocenters. The molecule has 1 N–H and O–H groups in total. The molecule has 2 heterocycles. The standard InChI is InChI=1S/C10H17NO3/c1-10(3-2-4-14-10)9(13)11-5-8(6-11)7-12/h8,12H,2-7H2,1H3. The lowest BCUT2D eigenvalue weighted by Gasteiger charge is -2.42. The summed E-state index contributed by atoms with van der Waals surface area (Å²) in [7, 11) is 0. The van der Waals surface area contributed by atoms with Crippen LogP contribution in [-0.4, -0.2) is 47.8 Å². The highest BCUT2D eigenvalue weighted by atomic mass is 16.5. The summed E-state index contributed by atoms with van der Waals surface area (Å²) >= 11 is 0. The normalized spacial score (nSPS) is 33.1. The molecule has 2 aliphatic rings. The number of hydrogen-bond acceptors (Lipinski definition) is 3. The first kappa shape index (κ1) is 9.93. The van der Waals surface area contributed by atoms with Crippen molar-refractivity contribution in [3.05, 3.63) is 0 Å². The molecule has 4 heteroatoms. The highest BCUT2D eigenvalue weighted by Gasteiger charge is 2.44. The second kappa shape index (κ2) is 3.51. The van der Waals surface area contributed by atoms with Crippen molar-refractivity contribution in [1.29, 1.82) is 0 Å². The van der Waals surface area contributed by atoms with Gasteiger partial charge >= 0.3 is 0 Å². The number of nitrogens with zero attached hydrogens (tertiary/aromatic N) is 1. The van der Waals surface area contributed by atoms with Crippen molar-refractivity contribution in [2.45, 2.75) is 25.4 Å². The third-order valence-electron chi connectivity index (χ3n) is 3.17. The van der Waals surface area contributed by atoms with E-state index in [2.05, 4.69) is 0 Å². The summed E-state index contributed by atoms with van der Waals surface area (Å²) in [5, 5.41) is 8.85. The Morgan fingerprint density at radius 3 is 2.86 bits per heavy atom. The van der Waals surface area contributed by atoms with E-state index in [1.54, 1.807) is 4.90 Å². The van der Waals surface area contributed by atoms with Gasteiger partial charge < -0.3 is 14.7 Å². The smallest absolute Gasteiger partial charge is 0.254 e. The summed E-state index contributed by atoms with van der Waals surface area (Å²) in [6, 6.07) is 0. The van der Waals surface area contributed by atoms with Gasteiger partial charge in [0, 0.05) is 32.2 Å². The van der Waals surface area contributed by atoms with Crippen molar-refractivity contribution in [2.24, 2.45) is 5.92 Å². The van der Waals surface area contributed by atoms with Crippen molar-refractivity contribution in [2.75, 3.05) is 26.3 Å². The Hall–Kier alpha value is -0.610. The van der Waals surface area contributed by atoms with E-state index >= 15 is 0 Å². The Morgan fingerprint density at radius 1 is 1.64 bits per heavy atom. The van der Waals surface area contributed by atoms with E-state index in [1.807, 2.05) is 6.92 Å². The Morgan fingerprint density at radius 2 is 2.36 bits per heavy atom. The minimum Gasteiger partial charge on any atom is -0.396 e. The van der Waals surface area contributed by atoms with Crippen molar-refractivity contribution < 1.29 is 14.6 Å². The molecule has 2 fully saturated rings. The maximum atomic E-state index is 11.9. The van der Waals surface area contributed by atoms with Gasteiger partial charge in [-0.2, -0.15) is 0 Å². The SMILES string of the molecule is CC1(C(=O)N2CC(CO)C2)CCCO1. The summed E-state index contributed by atoms with van der Waals surface area (Å²) in [6.07, 6.45) is 1.80. The van der Waals surface area contributed by atoms with Gasteiger partial charge in [0.1, 0.15) is 5.60 Å². The molecule has 2 rings (SSSR count). The van der Waals surface area contributed by atoms with Crippen LogP contribution >= 0.6 is 0 Å². The molecule has 4 nitrogen and oxygen atoms in total. The summed E-state index contributed by atoms with van der Waals surface area (Å²) in [6.45, 7) is 4.12. The molecule has 1 atom stereocenters. The molecule has 0 bridgehead atoms. The lowest BCUT2D eigenvalue weighted by Crippen LogP contribution is -2.57. The van der Waals surface area contributed by atoms with Crippen molar-refractivity contribution >= 4 is 5.91 Å². The predicted octanol–water partition coefficient (Wildman–Crippen LogP) is 0.00620. The van der Waals surface area contributed by atoms with Crippen LogP contribution in [-0.2, 0) is 9.53 Å². The number of aliphatic hydroxyl groups excluding tert-OH is 1. The van der Waals surface area contributed by atoms with Gasteiger partial charge in [-0.05, 0) is 19.8 Å². The number of hydrogen-bond donors (Lipinski definition) is 1.